The molecule has 0 bridgehead atoms. The van der Waals surface area contributed by atoms with Gasteiger partial charge in [0.15, 0.2) is 0 Å². The summed E-state index contributed by atoms with van der Waals surface area (Å²) in [7, 11) is 0. The number of carboxylic acids is 1. The van der Waals surface area contributed by atoms with E-state index in [9.17, 15) is 23.6 Å². The average Bonchev–Trinajstić information content (AvgIpc) is 3.39. The fourth-order valence-electron chi connectivity index (χ4n) is 3.64. The number of benzene rings is 1. The number of likely N-dealkylation sites (tertiary alicyclic amines) is 2. The van der Waals surface area contributed by atoms with Crippen LogP contribution in [0, 0.1) is 5.82 Å². The molecule has 2 aliphatic heterocycles. The second-order valence-electron chi connectivity index (χ2n) is 8.92. The van der Waals surface area contributed by atoms with Crippen molar-refractivity contribution in [1.82, 2.24) is 9.80 Å². The summed E-state index contributed by atoms with van der Waals surface area (Å²) >= 11 is 3.16. The summed E-state index contributed by atoms with van der Waals surface area (Å²) < 4.78 is 19.7. The number of amides is 3. The molecule has 12 heteroatoms. The first kappa shape index (κ1) is 27.4. The van der Waals surface area contributed by atoms with Crippen LogP contribution in [0.15, 0.2) is 22.7 Å². The quantitative estimate of drug-likeness (QED) is 0.519. The van der Waals surface area contributed by atoms with E-state index in [2.05, 4.69) is 21.2 Å². The van der Waals surface area contributed by atoms with Crippen LogP contribution < -0.4 is 5.32 Å². The summed E-state index contributed by atoms with van der Waals surface area (Å²) in [5.41, 5.74) is -0.535. The number of carbonyl (C=O) groups is 4. The van der Waals surface area contributed by atoms with Crippen molar-refractivity contribution in [1.29, 1.82) is 0 Å². The molecule has 2 heterocycles. The smallest absolute Gasteiger partial charge is 0.410 e. The molecule has 3 rings (SSSR count). The van der Waals surface area contributed by atoms with Gasteiger partial charge in [-0.1, -0.05) is 15.9 Å². The van der Waals surface area contributed by atoms with Crippen LogP contribution in [0.25, 0.3) is 0 Å². The van der Waals surface area contributed by atoms with E-state index in [1.54, 1.807) is 26.8 Å². The zero-order chi connectivity index (χ0) is 25.6. The van der Waals surface area contributed by atoms with Crippen LogP contribution in [-0.4, -0.2) is 74.9 Å². The fourth-order valence-corrected chi connectivity index (χ4v) is 3.97. The molecule has 1 aromatic rings. The van der Waals surface area contributed by atoms with Crippen molar-refractivity contribution in [2.45, 2.75) is 64.1 Å². The number of hydrogen-bond acceptors (Lipinski definition) is 5. The van der Waals surface area contributed by atoms with Gasteiger partial charge in [0, 0.05) is 17.6 Å². The van der Waals surface area contributed by atoms with Crippen LogP contribution >= 0.6 is 15.9 Å². The zero-order valence-electron chi connectivity index (χ0n) is 19.2. The van der Waals surface area contributed by atoms with Crippen molar-refractivity contribution in [2.75, 3.05) is 18.4 Å². The summed E-state index contributed by atoms with van der Waals surface area (Å²) in [6, 6.07) is 2.92. The minimum Gasteiger partial charge on any atom is -0.480 e. The molecule has 0 aliphatic carbocycles. The average molecular weight is 546 g/mol. The maximum Gasteiger partial charge on any atom is 0.410 e. The lowest BCUT2D eigenvalue weighted by Gasteiger charge is -2.28. The second kappa shape index (κ2) is 11.5. The Bertz CT molecular complexity index is 918. The molecule has 2 fully saturated rings. The van der Waals surface area contributed by atoms with Gasteiger partial charge in [-0.3, -0.25) is 14.6 Å². The van der Waals surface area contributed by atoms with E-state index < -0.39 is 47.6 Å². The Kier molecular flexibility index (Phi) is 9.25. The van der Waals surface area contributed by atoms with Gasteiger partial charge in [-0.25, -0.2) is 18.8 Å². The Morgan fingerprint density at radius 3 is 2.15 bits per heavy atom. The molecule has 2 unspecified atom stereocenters. The van der Waals surface area contributed by atoms with Crippen molar-refractivity contribution in [3.05, 3.63) is 28.5 Å². The normalized spacial score (nSPS) is 19.8. The maximum absolute atomic E-state index is 13.8. The highest BCUT2D eigenvalue weighted by Gasteiger charge is 2.37. The molecule has 1 aromatic carbocycles. The molecule has 0 spiro atoms. The van der Waals surface area contributed by atoms with E-state index in [0.717, 1.165) is 4.90 Å². The fraction of sp³-hybridized carbons (Fsp3) is 0.545. The Morgan fingerprint density at radius 1 is 1.06 bits per heavy atom. The molecular formula is C22H29BrFN3O7. The number of nitrogens with one attached hydrogen (secondary N) is 1. The highest BCUT2D eigenvalue weighted by atomic mass is 79.9. The van der Waals surface area contributed by atoms with Gasteiger partial charge >= 0.3 is 18.2 Å². The van der Waals surface area contributed by atoms with Crippen LogP contribution in [0.5, 0.6) is 0 Å². The predicted molar refractivity (Wildman–Crippen MR) is 124 cm³/mol. The molecule has 2 saturated heterocycles. The van der Waals surface area contributed by atoms with Gasteiger partial charge in [-0.2, -0.15) is 0 Å². The zero-order valence-corrected chi connectivity index (χ0v) is 20.8. The number of anilines is 1. The number of ether oxygens (including phenoxy) is 1. The van der Waals surface area contributed by atoms with E-state index in [1.807, 2.05) is 0 Å². The summed E-state index contributed by atoms with van der Waals surface area (Å²) in [6.07, 6.45) is 0.648. The lowest BCUT2D eigenvalue weighted by Crippen LogP contribution is -2.45. The van der Waals surface area contributed by atoms with Crippen molar-refractivity contribution < 1.29 is 38.5 Å². The molecule has 2 atom stereocenters. The largest absolute Gasteiger partial charge is 0.480 e. The first-order valence-electron chi connectivity index (χ1n) is 10.8. The number of carboxylic acid groups (broad SMARTS) is 2. The number of halogens is 2. The van der Waals surface area contributed by atoms with Gasteiger partial charge in [0.05, 0.1) is 5.69 Å². The summed E-state index contributed by atoms with van der Waals surface area (Å²) in [6.45, 7) is 6.11. The number of carbonyl (C=O) groups excluding carboxylic acids is 2. The molecule has 0 aromatic heterocycles. The molecule has 34 heavy (non-hydrogen) atoms. The van der Waals surface area contributed by atoms with Gasteiger partial charge in [0.25, 0.3) is 0 Å². The van der Waals surface area contributed by atoms with E-state index in [4.69, 9.17) is 14.9 Å². The van der Waals surface area contributed by atoms with Crippen LogP contribution in [0.3, 0.4) is 0 Å². The first-order valence-corrected chi connectivity index (χ1v) is 11.6. The third-order valence-electron chi connectivity index (χ3n) is 5.16. The maximum atomic E-state index is 13.8. The van der Waals surface area contributed by atoms with Crippen molar-refractivity contribution in [3.8, 4) is 0 Å². The summed E-state index contributed by atoms with van der Waals surface area (Å²) in [5.74, 6) is -1.99. The second-order valence-corrected chi connectivity index (χ2v) is 9.83. The van der Waals surface area contributed by atoms with Crippen molar-refractivity contribution in [2.24, 2.45) is 0 Å². The van der Waals surface area contributed by atoms with E-state index in [-0.39, 0.29) is 5.69 Å². The van der Waals surface area contributed by atoms with Crippen molar-refractivity contribution >= 4 is 45.7 Å². The third kappa shape index (κ3) is 7.57. The highest BCUT2D eigenvalue weighted by Crippen LogP contribution is 2.24. The minimum atomic E-state index is -1.14. The number of rotatable bonds is 3. The van der Waals surface area contributed by atoms with E-state index >= 15 is 0 Å². The number of nitrogens with zero attached hydrogens (tertiary/aromatic N) is 2. The third-order valence-corrected chi connectivity index (χ3v) is 5.65. The Balaban J connectivity index is 0.000000310. The molecule has 188 valence electrons. The lowest BCUT2D eigenvalue weighted by atomic mass is 10.2. The monoisotopic (exact) mass is 545 g/mol. The van der Waals surface area contributed by atoms with Crippen LogP contribution in [0.2, 0.25) is 0 Å². The van der Waals surface area contributed by atoms with Crippen LogP contribution in [0.4, 0.5) is 19.7 Å². The van der Waals surface area contributed by atoms with E-state index in [1.165, 1.54) is 17.0 Å². The SMILES string of the molecule is CC(C)(C)OC(=O)N1CCCC1C(=O)Nc1ccc(Br)cc1F.O=C(O)C1CCCN1C(=O)O. The molecular weight excluding hydrogens is 517 g/mol. The minimum absolute atomic E-state index is 0.0919. The van der Waals surface area contributed by atoms with Gasteiger partial charge < -0.3 is 20.3 Å². The van der Waals surface area contributed by atoms with Gasteiger partial charge in [0.2, 0.25) is 5.91 Å². The predicted octanol–water partition coefficient (Wildman–Crippen LogP) is 4.14. The first-order chi connectivity index (χ1) is 15.8. The Hall–Kier alpha value is -2.89. The standard InChI is InChI=1S/C16H20BrFN2O3.C6H9NO4/c1-16(2,3)23-15(22)20-8-4-5-13(20)14(21)19-12-7-6-10(17)9-11(12)18;8-5(9)4-2-1-3-7(4)6(10)11/h6-7,9,13H,4-5,8H2,1-3H3,(H,19,21);4H,1-3H2,(H,8,9)(H,10,11). The summed E-state index contributed by atoms with van der Waals surface area (Å²) in [5, 5.41) is 19.6. The molecule has 3 N–H and O–H groups in total. The van der Waals surface area contributed by atoms with E-state index in [0.29, 0.717) is 43.2 Å². The van der Waals surface area contributed by atoms with Crippen molar-refractivity contribution in [3.63, 3.8) is 0 Å². The van der Waals surface area contributed by atoms with Crippen LogP contribution in [0.1, 0.15) is 46.5 Å². The van der Waals surface area contributed by atoms with Gasteiger partial charge in [0.1, 0.15) is 23.5 Å². The highest BCUT2D eigenvalue weighted by molar-refractivity contribution is 9.10. The Labute approximate surface area is 205 Å². The summed E-state index contributed by atoms with van der Waals surface area (Å²) in [4.78, 5) is 47.7. The molecule has 0 radical (unpaired) electrons. The van der Waals surface area contributed by atoms with Gasteiger partial charge in [-0.15, -0.1) is 0 Å². The number of aliphatic carboxylic acids is 1. The molecule has 10 nitrogen and oxygen atoms in total. The lowest BCUT2D eigenvalue weighted by molar-refractivity contribution is -0.141. The Morgan fingerprint density at radius 2 is 1.65 bits per heavy atom. The van der Waals surface area contributed by atoms with Gasteiger partial charge in [-0.05, 0) is 64.7 Å². The van der Waals surface area contributed by atoms with Crippen LogP contribution in [-0.2, 0) is 14.3 Å². The molecule has 0 saturated carbocycles. The number of hydrogen-bond donors (Lipinski definition) is 3. The molecule has 3 amide bonds. The topological polar surface area (TPSA) is 136 Å². The molecule has 2 aliphatic rings.